The lowest BCUT2D eigenvalue weighted by Crippen LogP contribution is -2.48. The Morgan fingerprint density at radius 3 is 2.41 bits per heavy atom. The van der Waals surface area contributed by atoms with Crippen LogP contribution in [-0.2, 0) is 32.1 Å². The van der Waals surface area contributed by atoms with E-state index < -0.39 is 11.9 Å². The molecule has 8 heteroatoms. The highest BCUT2D eigenvalue weighted by molar-refractivity contribution is 6.30. The molecule has 0 spiro atoms. The van der Waals surface area contributed by atoms with E-state index in [1.165, 1.54) is 26.1 Å². The monoisotopic (exact) mass is 582 g/mol. The minimum absolute atomic E-state index is 0.0277. The fourth-order valence-corrected chi connectivity index (χ4v) is 5.85. The number of rotatable bonds is 15. The summed E-state index contributed by atoms with van der Waals surface area (Å²) in [5.41, 5.74) is 2.26. The standard InChI is InChI=1S/C33H45ClN3O4/c1-4-37(21-20-25-12-7-5-8-13-25)32(39)19-18-30(33(40)36(2)41-3)35-31(38)24-28(27-15-9-6-10-16-27)22-26-14-11-17-29(34)23-26/h5,7-8,11-14,17,23-24,27-28,30H,4,6,9-10,15-16,18-22H2,1-3H3,(H,35,38)/t28-,30+/m1/s1. The summed E-state index contributed by atoms with van der Waals surface area (Å²) < 4.78 is 0. The van der Waals surface area contributed by atoms with E-state index in [1.54, 1.807) is 11.3 Å². The molecule has 1 aliphatic rings. The molecule has 3 rings (SSSR count). The lowest BCUT2D eigenvalue weighted by atomic mass is 9.76. The molecule has 2 aromatic carbocycles. The van der Waals surface area contributed by atoms with Crippen molar-refractivity contribution >= 4 is 29.3 Å². The van der Waals surface area contributed by atoms with Crippen molar-refractivity contribution < 1.29 is 19.2 Å². The Bertz CT molecular complexity index is 1110. The van der Waals surface area contributed by atoms with Crippen LogP contribution in [0.3, 0.4) is 0 Å². The fourth-order valence-electron chi connectivity index (χ4n) is 5.64. The van der Waals surface area contributed by atoms with E-state index in [0.717, 1.165) is 42.7 Å². The molecule has 1 aliphatic carbocycles. The molecule has 7 nitrogen and oxygen atoms in total. The van der Waals surface area contributed by atoms with Crippen molar-refractivity contribution in [2.75, 3.05) is 27.2 Å². The Kier molecular flexibility index (Phi) is 13.6. The Morgan fingerprint density at radius 2 is 1.76 bits per heavy atom. The third-order valence-corrected chi connectivity index (χ3v) is 8.31. The zero-order valence-corrected chi connectivity index (χ0v) is 25.4. The van der Waals surface area contributed by atoms with Gasteiger partial charge in [-0.3, -0.25) is 19.2 Å². The molecule has 1 radical (unpaired) electrons. The minimum Gasteiger partial charge on any atom is -0.344 e. The van der Waals surface area contributed by atoms with Gasteiger partial charge in [-0.25, -0.2) is 5.06 Å². The number of nitrogens with zero attached hydrogens (tertiary/aromatic N) is 2. The summed E-state index contributed by atoms with van der Waals surface area (Å²) >= 11 is 6.24. The van der Waals surface area contributed by atoms with Crippen molar-refractivity contribution in [2.24, 2.45) is 11.8 Å². The van der Waals surface area contributed by atoms with Gasteiger partial charge >= 0.3 is 0 Å². The first-order valence-corrected chi connectivity index (χ1v) is 15.2. The maximum atomic E-state index is 13.4. The SMILES string of the molecule is CCN(CCc1ccccc1)C(=O)CC[C@H](NC(=O)[CH][C@@H](Cc1cccc(Cl)c1)C1CCCCC1)C(=O)N(C)OC. The third-order valence-electron chi connectivity index (χ3n) is 8.07. The molecule has 2 atom stereocenters. The predicted molar refractivity (Wildman–Crippen MR) is 163 cm³/mol. The molecule has 1 N–H and O–H groups in total. The number of likely N-dealkylation sites (N-methyl/N-ethyl adjacent to an activating group) is 2. The number of halogens is 1. The van der Waals surface area contributed by atoms with E-state index in [0.29, 0.717) is 30.5 Å². The molecule has 0 aliphatic heterocycles. The van der Waals surface area contributed by atoms with Crippen LogP contribution in [-0.4, -0.2) is 61.0 Å². The van der Waals surface area contributed by atoms with Gasteiger partial charge in [-0.15, -0.1) is 0 Å². The average Bonchev–Trinajstić information content (AvgIpc) is 2.99. The minimum atomic E-state index is -0.876. The molecule has 0 unspecified atom stereocenters. The predicted octanol–water partition coefficient (Wildman–Crippen LogP) is 5.66. The third kappa shape index (κ3) is 10.8. The van der Waals surface area contributed by atoms with Gasteiger partial charge in [0, 0.05) is 31.6 Å². The van der Waals surface area contributed by atoms with Gasteiger partial charge in [0.15, 0.2) is 0 Å². The highest BCUT2D eigenvalue weighted by atomic mass is 35.5. The van der Waals surface area contributed by atoms with E-state index >= 15 is 0 Å². The molecular weight excluding hydrogens is 538 g/mol. The first-order valence-electron chi connectivity index (χ1n) is 14.8. The van der Waals surface area contributed by atoms with E-state index in [4.69, 9.17) is 16.4 Å². The molecule has 223 valence electrons. The molecule has 3 amide bonds. The summed E-state index contributed by atoms with van der Waals surface area (Å²) in [4.78, 5) is 46.5. The van der Waals surface area contributed by atoms with Crippen molar-refractivity contribution in [2.45, 2.75) is 70.8 Å². The maximum Gasteiger partial charge on any atom is 0.268 e. The lowest BCUT2D eigenvalue weighted by Gasteiger charge is -2.31. The lowest BCUT2D eigenvalue weighted by molar-refractivity contribution is -0.171. The van der Waals surface area contributed by atoms with Gasteiger partial charge in [-0.05, 0) is 61.3 Å². The average molecular weight is 583 g/mol. The summed E-state index contributed by atoms with van der Waals surface area (Å²) in [6.07, 6.45) is 9.24. The highest BCUT2D eigenvalue weighted by Crippen LogP contribution is 2.34. The Morgan fingerprint density at radius 1 is 1.05 bits per heavy atom. The van der Waals surface area contributed by atoms with E-state index in [1.807, 2.05) is 61.5 Å². The second kappa shape index (κ2) is 17.1. The molecular formula is C33H45ClN3O4. The zero-order chi connectivity index (χ0) is 29.6. The van der Waals surface area contributed by atoms with Crippen LogP contribution >= 0.6 is 11.6 Å². The first kappa shape index (κ1) is 32.6. The molecule has 2 aromatic rings. The Balaban J connectivity index is 1.64. The summed E-state index contributed by atoms with van der Waals surface area (Å²) in [6, 6.07) is 16.9. The molecule has 0 heterocycles. The number of hydrogen-bond acceptors (Lipinski definition) is 4. The van der Waals surface area contributed by atoms with Crippen LogP contribution in [0.15, 0.2) is 54.6 Å². The Labute approximate surface area is 250 Å². The van der Waals surface area contributed by atoms with Crippen LogP contribution in [0, 0.1) is 18.3 Å². The number of hydroxylamine groups is 2. The number of amides is 3. The zero-order valence-electron chi connectivity index (χ0n) is 24.7. The van der Waals surface area contributed by atoms with Crippen molar-refractivity contribution in [3.8, 4) is 0 Å². The van der Waals surface area contributed by atoms with Gasteiger partial charge in [-0.2, -0.15) is 0 Å². The summed E-state index contributed by atoms with van der Waals surface area (Å²) in [7, 11) is 2.91. The van der Waals surface area contributed by atoms with Crippen LogP contribution in [0.2, 0.25) is 5.02 Å². The Hall–Kier alpha value is -2.90. The molecule has 1 saturated carbocycles. The molecule has 0 bridgehead atoms. The molecule has 41 heavy (non-hydrogen) atoms. The van der Waals surface area contributed by atoms with E-state index in [2.05, 4.69) is 5.32 Å². The largest absolute Gasteiger partial charge is 0.344 e. The molecule has 1 fully saturated rings. The number of hydrogen-bond donors (Lipinski definition) is 1. The van der Waals surface area contributed by atoms with Gasteiger partial charge in [0.05, 0.1) is 13.5 Å². The maximum absolute atomic E-state index is 13.4. The summed E-state index contributed by atoms with van der Waals surface area (Å²) in [5.74, 6) is -0.304. The summed E-state index contributed by atoms with van der Waals surface area (Å²) in [6.45, 7) is 3.13. The van der Waals surface area contributed by atoms with Crippen LogP contribution in [0.4, 0.5) is 0 Å². The van der Waals surface area contributed by atoms with Crippen molar-refractivity contribution in [1.29, 1.82) is 0 Å². The fraction of sp³-hybridized carbons (Fsp3) is 0.515. The van der Waals surface area contributed by atoms with Gasteiger partial charge in [-0.1, -0.05) is 86.2 Å². The molecule has 0 aromatic heterocycles. The van der Waals surface area contributed by atoms with E-state index in [-0.39, 0.29) is 30.6 Å². The second-order valence-electron chi connectivity index (χ2n) is 10.9. The van der Waals surface area contributed by atoms with Crippen LogP contribution in [0.25, 0.3) is 0 Å². The van der Waals surface area contributed by atoms with Crippen LogP contribution < -0.4 is 5.32 Å². The van der Waals surface area contributed by atoms with Crippen LogP contribution in [0.5, 0.6) is 0 Å². The quantitative estimate of drug-likeness (QED) is 0.275. The van der Waals surface area contributed by atoms with Crippen LogP contribution in [0.1, 0.15) is 63.0 Å². The van der Waals surface area contributed by atoms with Gasteiger partial charge < -0.3 is 10.2 Å². The number of carbonyl (C=O) groups excluding carboxylic acids is 3. The smallest absolute Gasteiger partial charge is 0.268 e. The van der Waals surface area contributed by atoms with Gasteiger partial charge in [0.1, 0.15) is 6.04 Å². The number of benzene rings is 2. The normalized spacial score (nSPS) is 15.1. The highest BCUT2D eigenvalue weighted by Gasteiger charge is 2.30. The first-order chi connectivity index (χ1) is 19.8. The second-order valence-corrected chi connectivity index (χ2v) is 11.3. The van der Waals surface area contributed by atoms with Gasteiger partial charge in [0.2, 0.25) is 11.8 Å². The van der Waals surface area contributed by atoms with Crippen molar-refractivity contribution in [3.63, 3.8) is 0 Å². The number of nitrogens with one attached hydrogen (secondary N) is 1. The van der Waals surface area contributed by atoms with E-state index in [9.17, 15) is 14.4 Å². The summed E-state index contributed by atoms with van der Waals surface area (Å²) in [5, 5.41) is 4.69. The number of carbonyl (C=O) groups is 3. The van der Waals surface area contributed by atoms with Crippen molar-refractivity contribution in [1.82, 2.24) is 15.3 Å². The topological polar surface area (TPSA) is 79.0 Å². The van der Waals surface area contributed by atoms with Crippen molar-refractivity contribution in [3.05, 3.63) is 77.2 Å². The van der Waals surface area contributed by atoms with Gasteiger partial charge in [0.25, 0.3) is 5.91 Å². The molecule has 0 saturated heterocycles.